The number of hydrogen-bond acceptors (Lipinski definition) is 4. The van der Waals surface area contributed by atoms with E-state index in [1.165, 1.54) is 23.9 Å². The number of sulfonamides is 1. The molecule has 1 heterocycles. The molecule has 100 valence electrons. The largest absolute Gasteiger partial charge is 0.336 e. The van der Waals surface area contributed by atoms with E-state index in [9.17, 15) is 8.42 Å². The first-order valence-corrected chi connectivity index (χ1v) is 6.57. The Hall–Kier alpha value is -0.630. The molecule has 0 saturated heterocycles. The van der Waals surface area contributed by atoms with Gasteiger partial charge < -0.3 is 10.3 Å². The molecule has 1 aromatic rings. The van der Waals surface area contributed by atoms with Gasteiger partial charge in [0, 0.05) is 32.4 Å². The summed E-state index contributed by atoms with van der Waals surface area (Å²) in [5.74, 6) is 0. The summed E-state index contributed by atoms with van der Waals surface area (Å²) in [6.45, 7) is 4.65. The fraction of sp³-hybridized carbons (Fsp3) is 0.667. The molecule has 1 atom stereocenters. The maximum Gasteiger partial charge on any atom is 0.262 e. The highest BCUT2D eigenvalue weighted by molar-refractivity contribution is 7.89. The number of likely N-dealkylation sites (N-methyl/N-ethyl adjacent to an activating group) is 1. The van der Waals surface area contributed by atoms with Crippen LogP contribution >= 0.6 is 12.4 Å². The van der Waals surface area contributed by atoms with Crippen molar-refractivity contribution in [2.75, 3.05) is 13.6 Å². The lowest BCUT2D eigenvalue weighted by Crippen LogP contribution is -2.39. The van der Waals surface area contributed by atoms with Crippen molar-refractivity contribution in [1.29, 1.82) is 0 Å². The minimum absolute atomic E-state index is 0. The van der Waals surface area contributed by atoms with Gasteiger partial charge in [0.15, 0.2) is 5.03 Å². The Morgan fingerprint density at radius 3 is 2.59 bits per heavy atom. The molecule has 0 aliphatic carbocycles. The molecule has 0 bridgehead atoms. The van der Waals surface area contributed by atoms with Crippen LogP contribution in [0.3, 0.4) is 0 Å². The van der Waals surface area contributed by atoms with Gasteiger partial charge >= 0.3 is 0 Å². The highest BCUT2D eigenvalue weighted by Crippen LogP contribution is 2.13. The molecule has 0 radical (unpaired) electrons. The summed E-state index contributed by atoms with van der Waals surface area (Å²) in [5.41, 5.74) is 5.45. The van der Waals surface area contributed by atoms with Gasteiger partial charge in [-0.1, -0.05) is 0 Å². The first-order chi connectivity index (χ1) is 7.43. The summed E-state index contributed by atoms with van der Waals surface area (Å²) >= 11 is 0. The molecular formula is C9H19ClN4O2S. The van der Waals surface area contributed by atoms with E-state index < -0.39 is 10.0 Å². The summed E-state index contributed by atoms with van der Waals surface area (Å²) < 4.78 is 27.1. The van der Waals surface area contributed by atoms with Crippen LogP contribution in [0.5, 0.6) is 0 Å². The molecule has 1 aromatic heterocycles. The van der Waals surface area contributed by atoms with E-state index in [4.69, 9.17) is 5.73 Å². The number of halogens is 1. The lowest BCUT2D eigenvalue weighted by atomic mass is 10.4. The van der Waals surface area contributed by atoms with Gasteiger partial charge in [0.2, 0.25) is 0 Å². The molecule has 6 nitrogen and oxygen atoms in total. The zero-order valence-corrected chi connectivity index (χ0v) is 11.8. The molecule has 1 rings (SSSR count). The van der Waals surface area contributed by atoms with Crippen LogP contribution in [0.2, 0.25) is 0 Å². The van der Waals surface area contributed by atoms with Gasteiger partial charge in [0.05, 0.1) is 6.33 Å². The summed E-state index contributed by atoms with van der Waals surface area (Å²) in [6.07, 6.45) is 3.03. The van der Waals surface area contributed by atoms with Crippen molar-refractivity contribution >= 4 is 22.4 Å². The van der Waals surface area contributed by atoms with Gasteiger partial charge in [-0.15, -0.1) is 12.4 Å². The number of imidazole rings is 1. The van der Waals surface area contributed by atoms with Gasteiger partial charge in [-0.2, -0.15) is 4.31 Å². The summed E-state index contributed by atoms with van der Waals surface area (Å²) in [4.78, 5) is 3.89. The SMILES string of the molecule is CCn1cnc(S(=O)(=O)N(C)C(C)CN)c1.Cl. The predicted molar refractivity (Wildman–Crippen MR) is 68.6 cm³/mol. The van der Waals surface area contributed by atoms with Gasteiger partial charge in [-0.25, -0.2) is 13.4 Å². The molecule has 0 aliphatic rings. The van der Waals surface area contributed by atoms with Crippen LogP contribution < -0.4 is 5.73 Å². The number of rotatable bonds is 5. The highest BCUT2D eigenvalue weighted by atomic mass is 35.5. The van der Waals surface area contributed by atoms with Crippen molar-refractivity contribution in [2.45, 2.75) is 31.5 Å². The quantitative estimate of drug-likeness (QED) is 0.842. The Morgan fingerprint density at radius 1 is 1.59 bits per heavy atom. The maximum atomic E-state index is 12.1. The van der Waals surface area contributed by atoms with Crippen LogP contribution in [-0.2, 0) is 16.6 Å². The molecule has 0 aliphatic heterocycles. The topological polar surface area (TPSA) is 81.2 Å². The highest BCUT2D eigenvalue weighted by Gasteiger charge is 2.26. The molecule has 0 amide bonds. The van der Waals surface area contributed by atoms with Crippen LogP contribution in [0.25, 0.3) is 0 Å². The fourth-order valence-corrected chi connectivity index (χ4v) is 2.48. The van der Waals surface area contributed by atoms with Crippen molar-refractivity contribution in [3.8, 4) is 0 Å². The van der Waals surface area contributed by atoms with Crippen molar-refractivity contribution in [3.05, 3.63) is 12.5 Å². The van der Waals surface area contributed by atoms with Crippen LogP contribution in [0, 0.1) is 0 Å². The Labute approximate surface area is 108 Å². The van der Waals surface area contributed by atoms with Crippen LogP contribution in [0.4, 0.5) is 0 Å². The van der Waals surface area contributed by atoms with E-state index in [0.29, 0.717) is 6.54 Å². The van der Waals surface area contributed by atoms with E-state index in [0.717, 1.165) is 0 Å². The number of nitrogens with two attached hydrogens (primary N) is 1. The zero-order valence-electron chi connectivity index (χ0n) is 10.2. The Morgan fingerprint density at radius 2 is 2.18 bits per heavy atom. The monoisotopic (exact) mass is 282 g/mol. The smallest absolute Gasteiger partial charge is 0.262 e. The van der Waals surface area contributed by atoms with E-state index >= 15 is 0 Å². The Bertz CT molecular complexity index is 446. The number of aromatic nitrogens is 2. The molecule has 0 fully saturated rings. The molecular weight excluding hydrogens is 264 g/mol. The van der Waals surface area contributed by atoms with Gasteiger partial charge in [0.25, 0.3) is 10.0 Å². The summed E-state index contributed by atoms with van der Waals surface area (Å²) in [5, 5.41) is 0.0668. The molecule has 8 heteroatoms. The van der Waals surface area contributed by atoms with E-state index in [-0.39, 0.29) is 30.0 Å². The minimum Gasteiger partial charge on any atom is -0.336 e. The first-order valence-electron chi connectivity index (χ1n) is 5.13. The lowest BCUT2D eigenvalue weighted by Gasteiger charge is -2.21. The maximum absolute atomic E-state index is 12.1. The van der Waals surface area contributed by atoms with Crippen LogP contribution in [-0.4, -0.2) is 41.9 Å². The molecule has 2 N–H and O–H groups in total. The molecule has 0 aromatic carbocycles. The summed E-state index contributed by atoms with van der Waals surface area (Å²) in [6, 6.07) is -0.239. The van der Waals surface area contributed by atoms with E-state index in [1.807, 2.05) is 6.92 Å². The number of aryl methyl sites for hydroxylation is 1. The third-order valence-corrected chi connectivity index (χ3v) is 4.44. The number of hydrogen-bond donors (Lipinski definition) is 1. The Balaban J connectivity index is 0.00000256. The van der Waals surface area contributed by atoms with E-state index in [2.05, 4.69) is 4.98 Å². The average molecular weight is 283 g/mol. The second-order valence-electron chi connectivity index (χ2n) is 3.65. The fourth-order valence-electron chi connectivity index (χ4n) is 1.18. The van der Waals surface area contributed by atoms with E-state index in [1.54, 1.807) is 11.5 Å². The second kappa shape index (κ2) is 6.34. The van der Waals surface area contributed by atoms with Gasteiger partial charge in [-0.05, 0) is 13.8 Å². The zero-order chi connectivity index (χ0) is 12.3. The van der Waals surface area contributed by atoms with Crippen LogP contribution in [0.15, 0.2) is 17.6 Å². The molecule has 0 saturated carbocycles. The second-order valence-corrected chi connectivity index (χ2v) is 5.59. The molecule has 17 heavy (non-hydrogen) atoms. The minimum atomic E-state index is -3.52. The summed E-state index contributed by atoms with van der Waals surface area (Å²) in [7, 11) is -2.01. The van der Waals surface area contributed by atoms with Crippen molar-refractivity contribution in [2.24, 2.45) is 5.73 Å². The van der Waals surface area contributed by atoms with Gasteiger partial charge in [0.1, 0.15) is 0 Å². The molecule has 1 unspecified atom stereocenters. The van der Waals surface area contributed by atoms with Gasteiger partial charge in [-0.3, -0.25) is 0 Å². The standard InChI is InChI=1S/C9H18N4O2S.ClH/c1-4-13-6-9(11-7-13)16(14,15)12(3)8(2)5-10;/h6-8H,4-5,10H2,1-3H3;1H. The first kappa shape index (κ1) is 16.4. The predicted octanol–water partition coefficient (Wildman–Crippen LogP) is 0.293. The Kier molecular flexibility index (Phi) is 6.11. The third-order valence-electron chi connectivity index (χ3n) is 2.58. The number of nitrogens with zero attached hydrogens (tertiary/aromatic N) is 3. The van der Waals surface area contributed by atoms with Crippen molar-refractivity contribution in [3.63, 3.8) is 0 Å². The van der Waals surface area contributed by atoms with Crippen LogP contribution in [0.1, 0.15) is 13.8 Å². The third kappa shape index (κ3) is 3.41. The molecule has 0 spiro atoms. The lowest BCUT2D eigenvalue weighted by molar-refractivity contribution is 0.393. The van der Waals surface area contributed by atoms with Crippen molar-refractivity contribution in [1.82, 2.24) is 13.9 Å². The average Bonchev–Trinajstić information content (AvgIpc) is 2.75. The van der Waals surface area contributed by atoms with Crippen molar-refractivity contribution < 1.29 is 8.42 Å². The normalized spacial score (nSPS) is 13.5.